The second-order valence-corrected chi connectivity index (χ2v) is 3.29. The molecule has 1 unspecified atom stereocenters. The van der Waals surface area contributed by atoms with E-state index in [1.807, 2.05) is 6.92 Å². The SMILES string of the molecule is CCCCOC(=O)CC(CC)CN. The van der Waals surface area contributed by atoms with Crippen molar-refractivity contribution in [1.82, 2.24) is 0 Å². The Hall–Kier alpha value is -0.570. The van der Waals surface area contributed by atoms with Gasteiger partial charge in [-0.05, 0) is 18.9 Å². The van der Waals surface area contributed by atoms with Gasteiger partial charge in [0.25, 0.3) is 0 Å². The lowest BCUT2D eigenvalue weighted by Gasteiger charge is -2.10. The molecule has 2 N–H and O–H groups in total. The average Bonchev–Trinajstić information content (AvgIpc) is 2.14. The highest BCUT2D eigenvalue weighted by Crippen LogP contribution is 2.07. The first kappa shape index (κ1) is 12.4. The lowest BCUT2D eigenvalue weighted by molar-refractivity contribution is -0.144. The lowest BCUT2D eigenvalue weighted by atomic mass is 10.0. The summed E-state index contributed by atoms with van der Waals surface area (Å²) >= 11 is 0. The standard InChI is InChI=1S/C10H21NO2/c1-3-5-6-13-10(12)7-9(4-2)8-11/h9H,3-8,11H2,1-2H3. The van der Waals surface area contributed by atoms with Gasteiger partial charge in [-0.25, -0.2) is 0 Å². The summed E-state index contributed by atoms with van der Waals surface area (Å²) in [5, 5.41) is 0. The molecule has 0 saturated heterocycles. The van der Waals surface area contributed by atoms with Crippen LogP contribution < -0.4 is 5.73 Å². The van der Waals surface area contributed by atoms with E-state index >= 15 is 0 Å². The second-order valence-electron chi connectivity index (χ2n) is 3.29. The molecule has 3 nitrogen and oxygen atoms in total. The Labute approximate surface area is 80.6 Å². The molecule has 0 aromatic carbocycles. The van der Waals surface area contributed by atoms with Crippen LogP contribution in [0.1, 0.15) is 39.5 Å². The molecule has 13 heavy (non-hydrogen) atoms. The molecule has 0 spiro atoms. The van der Waals surface area contributed by atoms with Crippen molar-refractivity contribution >= 4 is 5.97 Å². The summed E-state index contributed by atoms with van der Waals surface area (Å²) in [7, 11) is 0. The van der Waals surface area contributed by atoms with Crippen LogP contribution in [-0.2, 0) is 9.53 Å². The van der Waals surface area contributed by atoms with Gasteiger partial charge in [0.05, 0.1) is 6.61 Å². The highest BCUT2D eigenvalue weighted by molar-refractivity contribution is 5.69. The fourth-order valence-electron chi connectivity index (χ4n) is 1.02. The summed E-state index contributed by atoms with van der Waals surface area (Å²) in [5.41, 5.74) is 5.48. The summed E-state index contributed by atoms with van der Waals surface area (Å²) < 4.78 is 5.02. The summed E-state index contributed by atoms with van der Waals surface area (Å²) in [4.78, 5) is 11.2. The first-order valence-corrected chi connectivity index (χ1v) is 5.10. The van der Waals surface area contributed by atoms with Crippen molar-refractivity contribution in [3.63, 3.8) is 0 Å². The number of ether oxygens (including phenoxy) is 1. The highest BCUT2D eigenvalue weighted by Gasteiger charge is 2.10. The Bertz CT molecular complexity index is 133. The van der Waals surface area contributed by atoms with Gasteiger partial charge in [0, 0.05) is 6.42 Å². The van der Waals surface area contributed by atoms with Crippen LogP contribution in [0.2, 0.25) is 0 Å². The minimum absolute atomic E-state index is 0.106. The minimum atomic E-state index is -0.106. The number of unbranched alkanes of at least 4 members (excludes halogenated alkanes) is 1. The largest absolute Gasteiger partial charge is 0.466 e. The van der Waals surface area contributed by atoms with E-state index in [2.05, 4.69) is 6.92 Å². The van der Waals surface area contributed by atoms with Gasteiger partial charge in [0.15, 0.2) is 0 Å². The van der Waals surface area contributed by atoms with E-state index in [1.54, 1.807) is 0 Å². The third kappa shape index (κ3) is 6.58. The van der Waals surface area contributed by atoms with Crippen LogP contribution in [-0.4, -0.2) is 19.1 Å². The summed E-state index contributed by atoms with van der Waals surface area (Å²) in [6, 6.07) is 0. The molecule has 0 amide bonds. The summed E-state index contributed by atoms with van der Waals surface area (Å²) in [6.07, 6.45) is 3.42. The molecule has 78 valence electrons. The number of carbonyl (C=O) groups is 1. The Morgan fingerprint density at radius 2 is 2.15 bits per heavy atom. The zero-order valence-electron chi connectivity index (χ0n) is 8.71. The smallest absolute Gasteiger partial charge is 0.306 e. The molecule has 0 aromatic heterocycles. The Balaban J connectivity index is 3.48. The third-order valence-corrected chi connectivity index (χ3v) is 2.13. The molecule has 3 heteroatoms. The van der Waals surface area contributed by atoms with Crippen LogP contribution >= 0.6 is 0 Å². The van der Waals surface area contributed by atoms with Crippen molar-refractivity contribution in [2.45, 2.75) is 39.5 Å². The number of esters is 1. The summed E-state index contributed by atoms with van der Waals surface area (Å²) in [5.74, 6) is 0.180. The van der Waals surface area contributed by atoms with Gasteiger partial charge in [0.1, 0.15) is 0 Å². The maximum atomic E-state index is 11.2. The minimum Gasteiger partial charge on any atom is -0.466 e. The number of hydrogen-bond donors (Lipinski definition) is 1. The van der Waals surface area contributed by atoms with Gasteiger partial charge >= 0.3 is 5.97 Å². The number of nitrogens with two attached hydrogens (primary N) is 1. The zero-order valence-corrected chi connectivity index (χ0v) is 8.71. The fourth-order valence-corrected chi connectivity index (χ4v) is 1.02. The van der Waals surface area contributed by atoms with E-state index in [9.17, 15) is 4.79 Å². The van der Waals surface area contributed by atoms with Crippen LogP contribution in [0, 0.1) is 5.92 Å². The Kier molecular flexibility index (Phi) is 7.69. The number of hydrogen-bond acceptors (Lipinski definition) is 3. The quantitative estimate of drug-likeness (QED) is 0.487. The van der Waals surface area contributed by atoms with Crippen LogP contribution in [0.4, 0.5) is 0 Å². The summed E-state index contributed by atoms with van der Waals surface area (Å²) in [6.45, 7) is 5.23. The maximum absolute atomic E-state index is 11.2. The Morgan fingerprint density at radius 3 is 2.62 bits per heavy atom. The predicted octanol–water partition coefficient (Wildman–Crippen LogP) is 1.70. The van der Waals surface area contributed by atoms with E-state index in [4.69, 9.17) is 10.5 Å². The molecule has 0 radical (unpaired) electrons. The van der Waals surface area contributed by atoms with Crippen molar-refractivity contribution in [3.05, 3.63) is 0 Å². The van der Waals surface area contributed by atoms with Gasteiger partial charge in [-0.1, -0.05) is 26.7 Å². The molecule has 0 aliphatic heterocycles. The monoisotopic (exact) mass is 187 g/mol. The van der Waals surface area contributed by atoms with Gasteiger partial charge in [-0.2, -0.15) is 0 Å². The van der Waals surface area contributed by atoms with E-state index < -0.39 is 0 Å². The van der Waals surface area contributed by atoms with Gasteiger partial charge in [-0.3, -0.25) is 4.79 Å². The van der Waals surface area contributed by atoms with Crippen LogP contribution in [0.5, 0.6) is 0 Å². The molecule has 0 aliphatic carbocycles. The van der Waals surface area contributed by atoms with Crippen molar-refractivity contribution < 1.29 is 9.53 Å². The maximum Gasteiger partial charge on any atom is 0.306 e. The molecule has 0 heterocycles. The molecular formula is C10H21NO2. The first-order chi connectivity index (χ1) is 6.24. The lowest BCUT2D eigenvalue weighted by Crippen LogP contribution is -2.19. The molecule has 0 aromatic rings. The van der Waals surface area contributed by atoms with E-state index in [1.165, 1.54) is 0 Å². The van der Waals surface area contributed by atoms with E-state index in [0.717, 1.165) is 19.3 Å². The molecular weight excluding hydrogens is 166 g/mol. The molecule has 0 saturated carbocycles. The molecule has 1 atom stereocenters. The first-order valence-electron chi connectivity index (χ1n) is 5.10. The van der Waals surface area contributed by atoms with E-state index in [0.29, 0.717) is 19.6 Å². The van der Waals surface area contributed by atoms with Gasteiger partial charge in [-0.15, -0.1) is 0 Å². The topological polar surface area (TPSA) is 52.3 Å². The average molecular weight is 187 g/mol. The van der Waals surface area contributed by atoms with Gasteiger partial charge < -0.3 is 10.5 Å². The number of carbonyl (C=O) groups excluding carboxylic acids is 1. The van der Waals surface area contributed by atoms with Crippen molar-refractivity contribution in [3.8, 4) is 0 Å². The normalized spacial score (nSPS) is 12.5. The molecule has 0 bridgehead atoms. The molecule has 0 aliphatic rings. The van der Waals surface area contributed by atoms with Crippen molar-refractivity contribution in [2.75, 3.05) is 13.2 Å². The van der Waals surface area contributed by atoms with Gasteiger partial charge in [0.2, 0.25) is 0 Å². The number of rotatable bonds is 7. The predicted molar refractivity (Wildman–Crippen MR) is 53.3 cm³/mol. The van der Waals surface area contributed by atoms with Crippen molar-refractivity contribution in [1.29, 1.82) is 0 Å². The highest BCUT2D eigenvalue weighted by atomic mass is 16.5. The molecule has 0 rings (SSSR count). The second kappa shape index (κ2) is 8.05. The third-order valence-electron chi connectivity index (χ3n) is 2.13. The fraction of sp³-hybridized carbons (Fsp3) is 0.900. The molecule has 0 fully saturated rings. The van der Waals surface area contributed by atoms with Crippen molar-refractivity contribution in [2.24, 2.45) is 11.7 Å². The van der Waals surface area contributed by atoms with Crippen LogP contribution in [0.25, 0.3) is 0 Å². The van der Waals surface area contributed by atoms with E-state index in [-0.39, 0.29) is 11.9 Å². The zero-order chi connectivity index (χ0) is 10.1. The van der Waals surface area contributed by atoms with Crippen LogP contribution in [0.15, 0.2) is 0 Å². The van der Waals surface area contributed by atoms with Crippen LogP contribution in [0.3, 0.4) is 0 Å². The Morgan fingerprint density at radius 1 is 1.46 bits per heavy atom.